The molecule has 8 nitrogen and oxygen atoms in total. The van der Waals surface area contributed by atoms with Gasteiger partial charge in [-0.1, -0.05) is 48.7 Å². The fourth-order valence-electron chi connectivity index (χ4n) is 6.09. The van der Waals surface area contributed by atoms with Crippen molar-refractivity contribution in [1.29, 1.82) is 0 Å². The van der Waals surface area contributed by atoms with E-state index in [1.54, 1.807) is 34.1 Å². The summed E-state index contributed by atoms with van der Waals surface area (Å²) in [6, 6.07) is 6.12. The first-order valence-corrected chi connectivity index (χ1v) is 13.5. The number of rotatable bonds is 7. The molecule has 2 fully saturated rings. The highest BCUT2D eigenvalue weighted by Gasteiger charge is 2.71. The maximum atomic E-state index is 14.2. The molecular formula is C28H33ClN2O6. The van der Waals surface area contributed by atoms with E-state index in [2.05, 4.69) is 0 Å². The maximum Gasteiger partial charge on any atom is 0.312 e. The summed E-state index contributed by atoms with van der Waals surface area (Å²) in [5, 5.41) is 9.67. The van der Waals surface area contributed by atoms with Crippen LogP contribution in [-0.2, 0) is 23.9 Å². The van der Waals surface area contributed by atoms with Gasteiger partial charge in [0.25, 0.3) is 5.91 Å². The van der Waals surface area contributed by atoms with Gasteiger partial charge in [0.2, 0.25) is 5.91 Å². The van der Waals surface area contributed by atoms with Gasteiger partial charge in [-0.25, -0.2) is 0 Å². The van der Waals surface area contributed by atoms with Crippen LogP contribution in [0.15, 0.2) is 48.6 Å². The Hall–Kier alpha value is -2.68. The van der Waals surface area contributed by atoms with Crippen LogP contribution in [0.25, 0.3) is 0 Å². The number of aliphatic hydroxyl groups is 1. The number of cyclic esters (lactones) is 1. The summed E-state index contributed by atoms with van der Waals surface area (Å²) >= 11 is 6.08. The van der Waals surface area contributed by atoms with E-state index in [0.29, 0.717) is 43.1 Å². The van der Waals surface area contributed by atoms with E-state index in [0.717, 1.165) is 19.3 Å². The third kappa shape index (κ3) is 4.71. The third-order valence-electron chi connectivity index (χ3n) is 7.80. The number of amides is 2. The minimum atomic E-state index is -1.27. The first kappa shape index (κ1) is 25.9. The van der Waals surface area contributed by atoms with Crippen molar-refractivity contribution in [3.05, 3.63) is 53.6 Å². The number of fused-ring (bicyclic) bond motifs is 2. The van der Waals surface area contributed by atoms with Crippen LogP contribution in [0.2, 0.25) is 5.02 Å². The van der Waals surface area contributed by atoms with Crippen LogP contribution in [-0.4, -0.2) is 71.8 Å². The fourth-order valence-corrected chi connectivity index (χ4v) is 6.22. The average molecular weight is 529 g/mol. The number of esters is 1. The lowest BCUT2D eigenvalue weighted by Crippen LogP contribution is -2.55. The van der Waals surface area contributed by atoms with Crippen LogP contribution in [0.3, 0.4) is 0 Å². The zero-order chi connectivity index (χ0) is 26.0. The topological polar surface area (TPSA) is 96.4 Å². The van der Waals surface area contributed by atoms with Crippen molar-refractivity contribution in [2.75, 3.05) is 31.2 Å². The number of anilines is 1. The predicted octanol–water partition coefficient (Wildman–Crippen LogP) is 3.27. The molecular weight excluding hydrogens is 496 g/mol. The van der Waals surface area contributed by atoms with E-state index >= 15 is 0 Å². The number of ether oxygens (including phenoxy) is 2. The molecule has 198 valence electrons. The van der Waals surface area contributed by atoms with E-state index < -0.39 is 35.6 Å². The Morgan fingerprint density at radius 2 is 1.81 bits per heavy atom. The molecule has 37 heavy (non-hydrogen) atoms. The molecule has 0 bridgehead atoms. The Kier molecular flexibility index (Phi) is 7.70. The van der Waals surface area contributed by atoms with Crippen molar-refractivity contribution in [1.82, 2.24) is 4.90 Å². The lowest BCUT2D eigenvalue weighted by molar-refractivity contribution is -0.154. The highest BCUT2D eigenvalue weighted by atomic mass is 35.5. The summed E-state index contributed by atoms with van der Waals surface area (Å²) < 4.78 is 12.1. The Bertz CT molecular complexity index is 1090. The second-order valence-corrected chi connectivity index (χ2v) is 10.5. The quantitative estimate of drug-likeness (QED) is 0.331. The summed E-state index contributed by atoms with van der Waals surface area (Å²) in [6.45, 7) is 1.09. The van der Waals surface area contributed by atoms with Crippen molar-refractivity contribution in [3.63, 3.8) is 0 Å². The van der Waals surface area contributed by atoms with Crippen molar-refractivity contribution in [3.8, 4) is 0 Å². The molecule has 2 saturated heterocycles. The number of nitrogens with zero attached hydrogens (tertiary/aromatic N) is 2. The zero-order valence-corrected chi connectivity index (χ0v) is 21.5. The molecule has 1 spiro atoms. The van der Waals surface area contributed by atoms with Gasteiger partial charge in [0.15, 0.2) is 0 Å². The Labute approximate surface area is 221 Å². The van der Waals surface area contributed by atoms with E-state index in [1.807, 2.05) is 24.3 Å². The largest absolute Gasteiger partial charge is 0.465 e. The minimum Gasteiger partial charge on any atom is -0.465 e. The molecule has 0 aromatic heterocycles. The SMILES string of the molecule is O=C1OCCC/C=C\[C@H]2O[C@]34C=CCN(c5ccc(Cl)cc5)C(=O)C3N(CCCCCCO)C(=O)[C@@H]4[C@@H]12. The lowest BCUT2D eigenvalue weighted by atomic mass is 9.78. The number of hydrogen-bond acceptors (Lipinski definition) is 6. The fraction of sp³-hybridized carbons (Fsp3) is 0.536. The number of unbranched alkanes of at least 4 members (excludes halogenated alkanes) is 3. The summed E-state index contributed by atoms with van der Waals surface area (Å²) in [6.07, 6.45) is 11.4. The van der Waals surface area contributed by atoms with Gasteiger partial charge >= 0.3 is 5.97 Å². The van der Waals surface area contributed by atoms with Gasteiger partial charge in [0, 0.05) is 30.4 Å². The molecule has 4 heterocycles. The number of likely N-dealkylation sites (tertiary alicyclic amines) is 1. The minimum absolute atomic E-state index is 0.127. The monoisotopic (exact) mass is 528 g/mol. The highest BCUT2D eigenvalue weighted by molar-refractivity contribution is 6.30. The molecule has 5 atom stereocenters. The first-order valence-electron chi connectivity index (χ1n) is 13.1. The third-order valence-corrected chi connectivity index (χ3v) is 8.05. The van der Waals surface area contributed by atoms with Crippen molar-refractivity contribution in [2.45, 2.75) is 56.3 Å². The van der Waals surface area contributed by atoms with Gasteiger partial charge in [-0.2, -0.15) is 0 Å². The van der Waals surface area contributed by atoms with Crippen LogP contribution < -0.4 is 4.90 Å². The van der Waals surface area contributed by atoms with Crippen molar-refractivity contribution in [2.24, 2.45) is 11.8 Å². The lowest BCUT2D eigenvalue weighted by Gasteiger charge is -2.35. The Morgan fingerprint density at radius 3 is 2.59 bits per heavy atom. The van der Waals surface area contributed by atoms with Crippen LogP contribution in [0.5, 0.6) is 0 Å². The summed E-state index contributed by atoms with van der Waals surface area (Å²) in [5.41, 5.74) is -0.590. The molecule has 4 aliphatic heterocycles. The molecule has 1 aromatic rings. The number of allylic oxidation sites excluding steroid dienone is 1. The number of hydrogen-bond donors (Lipinski definition) is 1. The summed E-state index contributed by atoms with van der Waals surface area (Å²) in [7, 11) is 0. The van der Waals surface area contributed by atoms with Gasteiger partial charge in [-0.15, -0.1) is 0 Å². The van der Waals surface area contributed by atoms with Gasteiger partial charge in [0.05, 0.1) is 18.6 Å². The van der Waals surface area contributed by atoms with Crippen molar-refractivity contribution < 1.29 is 29.0 Å². The molecule has 2 amide bonds. The van der Waals surface area contributed by atoms with Gasteiger partial charge < -0.3 is 24.4 Å². The van der Waals surface area contributed by atoms with Crippen molar-refractivity contribution >= 4 is 35.1 Å². The summed E-state index contributed by atoms with van der Waals surface area (Å²) in [5.74, 6) is -2.61. The molecule has 0 saturated carbocycles. The van der Waals surface area contributed by atoms with Crippen LogP contribution in [0.4, 0.5) is 5.69 Å². The van der Waals surface area contributed by atoms with E-state index in [4.69, 9.17) is 26.2 Å². The molecule has 1 aromatic carbocycles. The molecule has 9 heteroatoms. The van der Waals surface area contributed by atoms with Gasteiger partial charge in [-0.05, 0) is 49.9 Å². The van der Waals surface area contributed by atoms with Gasteiger partial charge in [-0.3, -0.25) is 14.4 Å². The van der Waals surface area contributed by atoms with E-state index in [9.17, 15) is 14.4 Å². The standard InChI is InChI=1S/C28H33ClN2O6/c29-19-10-12-20(13-11-19)30-16-8-14-28-23(22-21(37-28)9-4-3-7-18-36-27(22)35)25(33)31(24(28)26(30)34)15-5-1-2-6-17-32/h4,8-14,21-24,32H,1-3,5-7,15-18H2/b9-4-/t21-,22+,23+,24?,28+/m1/s1. The van der Waals surface area contributed by atoms with Crippen LogP contribution >= 0.6 is 11.6 Å². The van der Waals surface area contributed by atoms with E-state index in [-0.39, 0.29) is 25.0 Å². The Morgan fingerprint density at radius 1 is 1.03 bits per heavy atom. The predicted molar refractivity (Wildman–Crippen MR) is 138 cm³/mol. The Balaban J connectivity index is 1.53. The number of carbonyl (C=O) groups is 3. The number of aliphatic hydroxyl groups excluding tert-OH is 1. The maximum absolute atomic E-state index is 14.2. The second-order valence-electron chi connectivity index (χ2n) is 10.1. The molecule has 0 radical (unpaired) electrons. The number of benzene rings is 1. The second kappa shape index (κ2) is 11.0. The van der Waals surface area contributed by atoms with Gasteiger partial charge in [0.1, 0.15) is 17.6 Å². The normalized spacial score (nSPS) is 32.1. The molecule has 1 N–H and O–H groups in total. The van der Waals surface area contributed by atoms with Crippen LogP contribution in [0.1, 0.15) is 38.5 Å². The first-order chi connectivity index (χ1) is 18.0. The van der Waals surface area contributed by atoms with E-state index in [1.165, 1.54) is 0 Å². The molecule has 5 rings (SSSR count). The molecule has 1 unspecified atom stereocenters. The number of halogens is 1. The molecule has 4 aliphatic rings. The average Bonchev–Trinajstić information content (AvgIpc) is 3.29. The van der Waals surface area contributed by atoms with Crippen LogP contribution in [0, 0.1) is 11.8 Å². The zero-order valence-electron chi connectivity index (χ0n) is 20.8. The number of carbonyl (C=O) groups excluding carboxylic acids is 3. The molecule has 0 aliphatic carbocycles. The highest BCUT2D eigenvalue weighted by Crippen LogP contribution is 2.53. The summed E-state index contributed by atoms with van der Waals surface area (Å²) in [4.78, 5) is 44.8. The smallest absolute Gasteiger partial charge is 0.312 e.